The van der Waals surface area contributed by atoms with Crippen molar-refractivity contribution in [3.63, 3.8) is 0 Å². The fraction of sp³-hybridized carbons (Fsp3) is 0.241. The highest BCUT2D eigenvalue weighted by Crippen LogP contribution is 2.32. The minimum absolute atomic E-state index is 0.111. The Hall–Kier alpha value is -3.14. The standard InChI is InChI=1S/C29H26F4/c1-3-19-5-10-21(11-6-19)22-12-7-20(8-13-22)9-14-23-15-17-25(29(33)27(23)31)24-16-4-18(2)26(30)28(24)32/h3-5,7-8,10,12-13,15-17,19,21H,1,6,9,11,14H2,2H3. The largest absolute Gasteiger partial charge is 0.203 e. The minimum Gasteiger partial charge on any atom is -0.203 e. The summed E-state index contributed by atoms with van der Waals surface area (Å²) in [5.74, 6) is -3.57. The van der Waals surface area contributed by atoms with Gasteiger partial charge < -0.3 is 0 Å². The van der Waals surface area contributed by atoms with E-state index in [1.165, 1.54) is 36.8 Å². The zero-order chi connectivity index (χ0) is 23.5. The summed E-state index contributed by atoms with van der Waals surface area (Å²) in [6.45, 7) is 5.26. The van der Waals surface area contributed by atoms with Gasteiger partial charge in [-0.15, -0.1) is 6.58 Å². The Morgan fingerprint density at radius 2 is 1.42 bits per heavy atom. The van der Waals surface area contributed by atoms with E-state index in [0.29, 0.717) is 24.7 Å². The predicted octanol–water partition coefficient (Wildman–Crippen LogP) is 8.24. The van der Waals surface area contributed by atoms with Crippen LogP contribution in [0, 0.1) is 36.1 Å². The highest BCUT2D eigenvalue weighted by Gasteiger charge is 2.20. The van der Waals surface area contributed by atoms with Crippen LogP contribution in [0.15, 0.2) is 73.3 Å². The highest BCUT2D eigenvalue weighted by molar-refractivity contribution is 5.66. The number of rotatable bonds is 6. The summed E-state index contributed by atoms with van der Waals surface area (Å²) in [4.78, 5) is 0. The molecule has 4 heteroatoms. The van der Waals surface area contributed by atoms with Crippen molar-refractivity contribution in [1.82, 2.24) is 0 Å². The monoisotopic (exact) mass is 450 g/mol. The Kier molecular flexibility index (Phi) is 6.83. The molecule has 0 N–H and O–H groups in total. The molecule has 0 spiro atoms. The average molecular weight is 451 g/mol. The summed E-state index contributed by atoms with van der Waals surface area (Å²) in [5.41, 5.74) is 2.02. The molecule has 0 amide bonds. The number of hydrogen-bond donors (Lipinski definition) is 0. The third kappa shape index (κ3) is 4.80. The van der Waals surface area contributed by atoms with Gasteiger partial charge in [-0.3, -0.25) is 0 Å². The van der Waals surface area contributed by atoms with Crippen LogP contribution < -0.4 is 0 Å². The molecular weight excluding hydrogens is 424 g/mol. The molecule has 0 radical (unpaired) electrons. The minimum atomic E-state index is -1.17. The molecule has 1 aliphatic carbocycles. The molecule has 170 valence electrons. The third-order valence-electron chi connectivity index (χ3n) is 6.52. The number of aryl methyl sites for hydroxylation is 3. The van der Waals surface area contributed by atoms with Crippen LogP contribution in [0.2, 0.25) is 0 Å². The van der Waals surface area contributed by atoms with Crippen LogP contribution >= 0.6 is 0 Å². The number of hydrogen-bond acceptors (Lipinski definition) is 0. The maximum atomic E-state index is 14.7. The molecule has 1 aliphatic rings. The molecule has 33 heavy (non-hydrogen) atoms. The zero-order valence-corrected chi connectivity index (χ0v) is 18.6. The van der Waals surface area contributed by atoms with E-state index in [1.807, 2.05) is 18.2 Å². The fourth-order valence-electron chi connectivity index (χ4n) is 4.37. The maximum Gasteiger partial charge on any atom is 0.167 e. The second kappa shape index (κ2) is 9.78. The van der Waals surface area contributed by atoms with Crippen molar-refractivity contribution >= 4 is 0 Å². The summed E-state index contributed by atoms with van der Waals surface area (Å²) in [6.07, 6.45) is 9.42. The van der Waals surface area contributed by atoms with Gasteiger partial charge in [-0.25, -0.2) is 17.6 Å². The topological polar surface area (TPSA) is 0 Å². The molecule has 0 bridgehead atoms. The first-order valence-electron chi connectivity index (χ1n) is 11.2. The quantitative estimate of drug-likeness (QED) is 0.262. The predicted molar refractivity (Wildman–Crippen MR) is 125 cm³/mol. The number of benzene rings is 3. The Labute approximate surface area is 192 Å². The van der Waals surface area contributed by atoms with E-state index < -0.39 is 23.3 Å². The van der Waals surface area contributed by atoms with E-state index in [2.05, 4.69) is 30.9 Å². The van der Waals surface area contributed by atoms with Crippen LogP contribution in [0.3, 0.4) is 0 Å². The van der Waals surface area contributed by atoms with E-state index in [0.717, 1.165) is 18.4 Å². The lowest BCUT2D eigenvalue weighted by molar-refractivity contribution is 0.493. The molecule has 3 aromatic rings. The second-order valence-corrected chi connectivity index (χ2v) is 8.67. The normalized spacial score (nSPS) is 17.8. The average Bonchev–Trinajstić information content (AvgIpc) is 2.84. The van der Waals surface area contributed by atoms with Gasteiger partial charge in [-0.1, -0.05) is 66.8 Å². The van der Waals surface area contributed by atoms with Crippen molar-refractivity contribution in [3.05, 3.63) is 119 Å². The molecule has 0 aromatic heterocycles. The Morgan fingerprint density at radius 1 is 0.758 bits per heavy atom. The number of allylic oxidation sites excluding steroid dienone is 3. The van der Waals surface area contributed by atoms with E-state index in [9.17, 15) is 17.6 Å². The van der Waals surface area contributed by atoms with Crippen LogP contribution in [0.5, 0.6) is 0 Å². The first-order chi connectivity index (χ1) is 15.9. The fourth-order valence-corrected chi connectivity index (χ4v) is 4.37. The molecule has 0 nitrogen and oxygen atoms in total. The van der Waals surface area contributed by atoms with Gasteiger partial charge in [0.15, 0.2) is 23.3 Å². The van der Waals surface area contributed by atoms with Gasteiger partial charge in [-0.05, 0) is 60.8 Å². The van der Waals surface area contributed by atoms with Crippen molar-refractivity contribution in [2.45, 2.75) is 38.5 Å². The number of halogens is 4. The van der Waals surface area contributed by atoms with Gasteiger partial charge in [0.1, 0.15) is 0 Å². The lowest BCUT2D eigenvalue weighted by Crippen LogP contribution is -2.05. The molecule has 4 rings (SSSR count). The van der Waals surface area contributed by atoms with E-state index >= 15 is 0 Å². The Bertz CT molecular complexity index is 1190. The molecule has 3 aromatic carbocycles. The van der Waals surface area contributed by atoms with Crippen molar-refractivity contribution in [2.24, 2.45) is 5.92 Å². The molecule has 0 saturated carbocycles. The van der Waals surface area contributed by atoms with E-state index in [-0.39, 0.29) is 22.3 Å². The summed E-state index contributed by atoms with van der Waals surface area (Å²) in [6, 6.07) is 13.6. The van der Waals surface area contributed by atoms with Gasteiger partial charge in [0.05, 0.1) is 0 Å². The SMILES string of the molecule is C=CC1C=CC(c2ccc(CCc3ccc(-c4ccc(C)c(F)c4F)c(F)c3F)cc2)CC1. The van der Waals surface area contributed by atoms with Crippen LogP contribution in [-0.2, 0) is 12.8 Å². The molecule has 2 unspecified atom stereocenters. The zero-order valence-electron chi connectivity index (χ0n) is 18.6. The Balaban J connectivity index is 1.47. The smallest absolute Gasteiger partial charge is 0.167 e. The molecular formula is C29H26F4. The summed E-state index contributed by atoms with van der Waals surface area (Å²) < 4.78 is 57.6. The van der Waals surface area contributed by atoms with E-state index in [4.69, 9.17) is 0 Å². The Morgan fingerprint density at radius 3 is 2.06 bits per heavy atom. The summed E-state index contributed by atoms with van der Waals surface area (Å²) in [5, 5.41) is 0. The first kappa shape index (κ1) is 23.0. The highest BCUT2D eigenvalue weighted by atomic mass is 19.2. The van der Waals surface area contributed by atoms with Crippen LogP contribution in [0.25, 0.3) is 11.1 Å². The third-order valence-corrected chi connectivity index (χ3v) is 6.52. The van der Waals surface area contributed by atoms with Crippen LogP contribution in [0.1, 0.15) is 41.0 Å². The van der Waals surface area contributed by atoms with Gasteiger partial charge in [0.25, 0.3) is 0 Å². The molecule has 0 aliphatic heterocycles. The molecule has 0 heterocycles. The molecule has 0 fully saturated rings. The van der Waals surface area contributed by atoms with E-state index in [1.54, 1.807) is 0 Å². The first-order valence-corrected chi connectivity index (χ1v) is 11.2. The lowest BCUT2D eigenvalue weighted by Gasteiger charge is -2.21. The van der Waals surface area contributed by atoms with Gasteiger partial charge in [0.2, 0.25) is 0 Å². The summed E-state index contributed by atoms with van der Waals surface area (Å²) >= 11 is 0. The second-order valence-electron chi connectivity index (χ2n) is 8.67. The van der Waals surface area contributed by atoms with Crippen LogP contribution in [0.4, 0.5) is 17.6 Å². The summed E-state index contributed by atoms with van der Waals surface area (Å²) in [7, 11) is 0. The molecule has 2 atom stereocenters. The van der Waals surface area contributed by atoms with Gasteiger partial charge in [0, 0.05) is 17.0 Å². The van der Waals surface area contributed by atoms with Crippen LogP contribution in [-0.4, -0.2) is 0 Å². The van der Waals surface area contributed by atoms with Crippen molar-refractivity contribution in [1.29, 1.82) is 0 Å². The van der Waals surface area contributed by atoms with Crippen molar-refractivity contribution in [2.75, 3.05) is 0 Å². The maximum absolute atomic E-state index is 14.7. The van der Waals surface area contributed by atoms with Crippen molar-refractivity contribution in [3.8, 4) is 11.1 Å². The lowest BCUT2D eigenvalue weighted by atomic mass is 9.84. The van der Waals surface area contributed by atoms with Gasteiger partial charge in [-0.2, -0.15) is 0 Å². The van der Waals surface area contributed by atoms with Crippen molar-refractivity contribution < 1.29 is 17.6 Å². The van der Waals surface area contributed by atoms with Gasteiger partial charge >= 0.3 is 0 Å². The molecule has 0 saturated heterocycles.